The van der Waals surface area contributed by atoms with Crippen molar-refractivity contribution >= 4 is 0 Å². The minimum atomic E-state index is 0.398. The Bertz CT molecular complexity index is 436. The van der Waals surface area contributed by atoms with Crippen molar-refractivity contribution in [3.63, 3.8) is 0 Å². The van der Waals surface area contributed by atoms with Gasteiger partial charge in [-0.15, -0.1) is 0 Å². The number of benzene rings is 1. The molecule has 2 aliphatic rings. The highest BCUT2D eigenvalue weighted by Crippen LogP contribution is 2.43. The summed E-state index contributed by atoms with van der Waals surface area (Å²) in [6.07, 6.45) is 1.10. The number of nitrogens with zero attached hydrogens (tertiary/aromatic N) is 1. The van der Waals surface area contributed by atoms with Gasteiger partial charge in [0.15, 0.2) is 11.5 Å². The predicted octanol–water partition coefficient (Wildman–Crippen LogP) is 1.41. The van der Waals surface area contributed by atoms with Crippen molar-refractivity contribution in [1.29, 1.82) is 0 Å². The monoisotopic (exact) mass is 248 g/mol. The molecule has 4 nitrogen and oxygen atoms in total. The van der Waals surface area contributed by atoms with Crippen molar-refractivity contribution in [2.24, 2.45) is 11.7 Å². The fourth-order valence-corrected chi connectivity index (χ4v) is 3.00. The molecule has 0 amide bonds. The first-order chi connectivity index (χ1) is 8.79. The lowest BCUT2D eigenvalue weighted by Gasteiger charge is -2.26. The second-order valence-corrected chi connectivity index (χ2v) is 5.16. The van der Waals surface area contributed by atoms with Crippen LogP contribution >= 0.6 is 0 Å². The molecule has 2 N–H and O–H groups in total. The van der Waals surface area contributed by atoms with E-state index in [2.05, 4.69) is 18.0 Å². The first-order valence-corrected chi connectivity index (χ1v) is 6.58. The lowest BCUT2D eigenvalue weighted by Crippen LogP contribution is -2.22. The van der Waals surface area contributed by atoms with E-state index in [1.807, 2.05) is 12.1 Å². The highest BCUT2D eigenvalue weighted by Gasteiger charge is 2.32. The molecular formula is C14H20N2O2. The fraction of sp³-hybridized carbons (Fsp3) is 0.571. The number of rotatable bonds is 2. The van der Waals surface area contributed by atoms with E-state index in [1.54, 1.807) is 0 Å². The molecule has 0 aromatic heterocycles. The lowest BCUT2D eigenvalue weighted by molar-refractivity contribution is 0.166. The van der Waals surface area contributed by atoms with Crippen molar-refractivity contribution in [2.45, 2.75) is 12.5 Å². The van der Waals surface area contributed by atoms with Crippen LogP contribution in [0, 0.1) is 5.92 Å². The molecule has 0 spiro atoms. The molecule has 1 fully saturated rings. The Morgan fingerprint density at radius 2 is 2.17 bits per heavy atom. The third-order valence-electron chi connectivity index (χ3n) is 3.92. The molecule has 18 heavy (non-hydrogen) atoms. The number of likely N-dealkylation sites (tertiary alicyclic amines) is 1. The molecular weight excluding hydrogens is 228 g/mol. The van der Waals surface area contributed by atoms with Gasteiger partial charge in [0.1, 0.15) is 13.2 Å². The van der Waals surface area contributed by atoms with Crippen LogP contribution in [0.5, 0.6) is 11.5 Å². The Labute approximate surface area is 108 Å². The van der Waals surface area contributed by atoms with Gasteiger partial charge in [-0.25, -0.2) is 0 Å². The van der Waals surface area contributed by atoms with Crippen LogP contribution in [0.2, 0.25) is 0 Å². The molecule has 0 radical (unpaired) electrons. The van der Waals surface area contributed by atoms with Crippen LogP contribution in [0.4, 0.5) is 0 Å². The molecule has 0 bridgehead atoms. The molecule has 1 saturated heterocycles. The van der Waals surface area contributed by atoms with Gasteiger partial charge >= 0.3 is 0 Å². The second kappa shape index (κ2) is 4.78. The van der Waals surface area contributed by atoms with E-state index in [0.29, 0.717) is 25.2 Å². The largest absolute Gasteiger partial charge is 0.486 e. The minimum Gasteiger partial charge on any atom is -0.486 e. The molecule has 3 rings (SSSR count). The summed E-state index contributed by atoms with van der Waals surface area (Å²) in [7, 11) is 2.16. The Kier molecular flexibility index (Phi) is 3.14. The minimum absolute atomic E-state index is 0.398. The van der Waals surface area contributed by atoms with E-state index < -0.39 is 0 Å². The van der Waals surface area contributed by atoms with E-state index in [9.17, 15) is 0 Å². The van der Waals surface area contributed by atoms with Gasteiger partial charge in [0.05, 0.1) is 0 Å². The maximum atomic E-state index is 5.80. The number of fused-ring (bicyclic) bond motifs is 1. The smallest absolute Gasteiger partial charge is 0.166 e. The molecule has 2 heterocycles. The van der Waals surface area contributed by atoms with Crippen LogP contribution in [0.3, 0.4) is 0 Å². The number of nitrogens with two attached hydrogens (primary N) is 1. The molecule has 2 aliphatic heterocycles. The van der Waals surface area contributed by atoms with E-state index in [1.165, 1.54) is 5.56 Å². The number of hydrogen-bond donors (Lipinski definition) is 1. The van der Waals surface area contributed by atoms with E-state index in [-0.39, 0.29) is 0 Å². The Morgan fingerprint density at radius 3 is 2.94 bits per heavy atom. The molecule has 0 aliphatic carbocycles. The van der Waals surface area contributed by atoms with E-state index in [4.69, 9.17) is 15.2 Å². The van der Waals surface area contributed by atoms with Gasteiger partial charge in [-0.3, -0.25) is 4.90 Å². The fourth-order valence-electron chi connectivity index (χ4n) is 3.00. The van der Waals surface area contributed by atoms with Crippen molar-refractivity contribution in [3.8, 4) is 11.5 Å². The van der Waals surface area contributed by atoms with Crippen molar-refractivity contribution < 1.29 is 9.47 Å². The summed E-state index contributed by atoms with van der Waals surface area (Å²) in [5.74, 6) is 2.39. The highest BCUT2D eigenvalue weighted by molar-refractivity contribution is 5.49. The zero-order valence-corrected chi connectivity index (χ0v) is 10.8. The average Bonchev–Trinajstić information content (AvgIpc) is 2.79. The SMILES string of the molecule is CN1CC(CN)CC1c1cccc2c1OCCO2. The standard InChI is InChI=1S/C14H20N2O2/c1-16-9-10(8-15)7-12(16)11-3-2-4-13-14(11)18-6-5-17-13/h2-4,10,12H,5-9,15H2,1H3. The maximum Gasteiger partial charge on any atom is 0.166 e. The summed E-state index contributed by atoms with van der Waals surface area (Å²) in [4.78, 5) is 2.37. The van der Waals surface area contributed by atoms with Crippen molar-refractivity contribution in [1.82, 2.24) is 4.90 Å². The zero-order chi connectivity index (χ0) is 12.5. The third-order valence-corrected chi connectivity index (χ3v) is 3.92. The third kappa shape index (κ3) is 1.95. The first-order valence-electron chi connectivity index (χ1n) is 6.58. The molecule has 1 aromatic carbocycles. The van der Waals surface area contributed by atoms with Crippen molar-refractivity contribution in [2.75, 3.05) is 33.4 Å². The normalized spacial score (nSPS) is 27.4. The predicted molar refractivity (Wildman–Crippen MR) is 70.0 cm³/mol. The summed E-state index contributed by atoms with van der Waals surface area (Å²) in [6.45, 7) is 3.10. The van der Waals surface area contributed by atoms with Crippen LogP contribution < -0.4 is 15.2 Å². The van der Waals surface area contributed by atoms with Crippen LogP contribution in [-0.4, -0.2) is 38.3 Å². The molecule has 1 aromatic rings. The van der Waals surface area contributed by atoms with Gasteiger partial charge in [0.2, 0.25) is 0 Å². The van der Waals surface area contributed by atoms with Crippen LogP contribution in [0.1, 0.15) is 18.0 Å². The maximum absolute atomic E-state index is 5.80. The Hall–Kier alpha value is -1.26. The van der Waals surface area contributed by atoms with Gasteiger partial charge in [-0.2, -0.15) is 0 Å². The molecule has 0 saturated carbocycles. The molecule has 4 heteroatoms. The lowest BCUT2D eigenvalue weighted by atomic mass is 9.98. The summed E-state index contributed by atoms with van der Waals surface area (Å²) < 4.78 is 11.4. The molecule has 2 unspecified atom stereocenters. The van der Waals surface area contributed by atoms with Crippen LogP contribution in [0.15, 0.2) is 18.2 Å². The Morgan fingerprint density at radius 1 is 1.33 bits per heavy atom. The topological polar surface area (TPSA) is 47.7 Å². The second-order valence-electron chi connectivity index (χ2n) is 5.16. The van der Waals surface area contributed by atoms with Gasteiger partial charge in [0, 0.05) is 18.2 Å². The Balaban J connectivity index is 1.92. The van der Waals surface area contributed by atoms with Gasteiger partial charge in [0.25, 0.3) is 0 Å². The van der Waals surface area contributed by atoms with Crippen LogP contribution in [0.25, 0.3) is 0 Å². The van der Waals surface area contributed by atoms with Crippen molar-refractivity contribution in [3.05, 3.63) is 23.8 Å². The number of hydrogen-bond acceptors (Lipinski definition) is 4. The number of para-hydroxylation sites is 1. The number of ether oxygens (including phenoxy) is 2. The quantitative estimate of drug-likeness (QED) is 0.859. The summed E-state index contributed by atoms with van der Waals surface area (Å²) in [5.41, 5.74) is 7.03. The molecule has 2 atom stereocenters. The molecule has 98 valence electrons. The first kappa shape index (κ1) is 11.8. The van der Waals surface area contributed by atoms with Gasteiger partial charge in [-0.1, -0.05) is 12.1 Å². The van der Waals surface area contributed by atoms with E-state index in [0.717, 1.165) is 31.0 Å². The highest BCUT2D eigenvalue weighted by atomic mass is 16.6. The summed E-state index contributed by atoms with van der Waals surface area (Å²) in [5, 5.41) is 0. The average molecular weight is 248 g/mol. The zero-order valence-electron chi connectivity index (χ0n) is 10.8. The van der Waals surface area contributed by atoms with Crippen LogP contribution in [-0.2, 0) is 0 Å². The van der Waals surface area contributed by atoms with E-state index >= 15 is 0 Å². The summed E-state index contributed by atoms with van der Waals surface area (Å²) in [6, 6.07) is 6.57. The van der Waals surface area contributed by atoms with Gasteiger partial charge < -0.3 is 15.2 Å². The summed E-state index contributed by atoms with van der Waals surface area (Å²) >= 11 is 0. The van der Waals surface area contributed by atoms with Gasteiger partial charge in [-0.05, 0) is 32.0 Å².